The van der Waals surface area contributed by atoms with Crippen molar-refractivity contribution in [3.05, 3.63) is 15.8 Å². The zero-order valence-electron chi connectivity index (χ0n) is 9.79. The molecule has 0 spiro atoms. The third-order valence-electron chi connectivity index (χ3n) is 3.25. The molecule has 0 unspecified atom stereocenters. The predicted octanol–water partition coefficient (Wildman–Crippen LogP) is 1.39. The van der Waals surface area contributed by atoms with E-state index in [1.165, 1.54) is 5.56 Å². The van der Waals surface area contributed by atoms with Crippen LogP contribution in [0.5, 0.6) is 0 Å². The topological polar surface area (TPSA) is 60.2 Å². The average molecular weight is 238 g/mol. The van der Waals surface area contributed by atoms with Crippen LogP contribution in [-0.4, -0.2) is 23.1 Å². The molecule has 1 aromatic rings. The van der Waals surface area contributed by atoms with Gasteiger partial charge < -0.3 is 20.9 Å². The summed E-state index contributed by atoms with van der Waals surface area (Å²) < 4.78 is 2.76. The standard InChI is InChI=1S/C11H18N4S/c1-3-15-10(13)9(12)7-4-5-14(2)6-8(7)11(15)16/h3-6,12-13H2,1-2H3. The molecule has 0 atom stereocenters. The van der Waals surface area contributed by atoms with Gasteiger partial charge in [0.05, 0.1) is 5.69 Å². The maximum absolute atomic E-state index is 6.08. The van der Waals surface area contributed by atoms with Crippen molar-refractivity contribution in [3.63, 3.8) is 0 Å². The second kappa shape index (κ2) is 4.07. The molecule has 1 aliphatic rings. The lowest BCUT2D eigenvalue weighted by Crippen LogP contribution is -2.29. The fourth-order valence-corrected chi connectivity index (χ4v) is 2.69. The van der Waals surface area contributed by atoms with E-state index in [2.05, 4.69) is 11.9 Å². The molecule has 0 saturated carbocycles. The number of anilines is 2. The van der Waals surface area contributed by atoms with Crippen LogP contribution in [-0.2, 0) is 19.5 Å². The molecule has 0 saturated heterocycles. The Morgan fingerprint density at radius 1 is 1.31 bits per heavy atom. The summed E-state index contributed by atoms with van der Waals surface area (Å²) in [6.45, 7) is 4.69. The van der Waals surface area contributed by atoms with Gasteiger partial charge in [0, 0.05) is 25.2 Å². The molecule has 16 heavy (non-hydrogen) atoms. The average Bonchev–Trinajstić information content (AvgIpc) is 2.27. The molecule has 2 heterocycles. The number of aromatic nitrogens is 1. The van der Waals surface area contributed by atoms with Gasteiger partial charge in [0.25, 0.3) is 0 Å². The van der Waals surface area contributed by atoms with E-state index in [0.717, 1.165) is 41.9 Å². The number of likely N-dealkylation sites (N-methyl/N-ethyl adjacent to an activating group) is 1. The van der Waals surface area contributed by atoms with Gasteiger partial charge >= 0.3 is 0 Å². The molecule has 4 nitrogen and oxygen atoms in total. The Morgan fingerprint density at radius 2 is 2.00 bits per heavy atom. The smallest absolute Gasteiger partial charge is 0.128 e. The largest absolute Gasteiger partial charge is 0.396 e. The number of rotatable bonds is 1. The first-order valence-corrected chi connectivity index (χ1v) is 5.95. The predicted molar refractivity (Wildman–Crippen MR) is 69.8 cm³/mol. The molecular weight excluding hydrogens is 220 g/mol. The van der Waals surface area contributed by atoms with E-state index < -0.39 is 0 Å². The number of hydrogen-bond donors (Lipinski definition) is 2. The first-order chi connectivity index (χ1) is 7.56. The summed E-state index contributed by atoms with van der Waals surface area (Å²) in [5.74, 6) is 0.621. The summed E-state index contributed by atoms with van der Waals surface area (Å²) in [6, 6.07) is 0. The summed E-state index contributed by atoms with van der Waals surface area (Å²) in [6.07, 6.45) is 0.941. The van der Waals surface area contributed by atoms with Crippen LogP contribution in [0.2, 0.25) is 0 Å². The van der Waals surface area contributed by atoms with Crippen LogP contribution in [0.3, 0.4) is 0 Å². The molecule has 1 aliphatic heterocycles. The van der Waals surface area contributed by atoms with Crippen LogP contribution in [0.1, 0.15) is 18.1 Å². The summed E-state index contributed by atoms with van der Waals surface area (Å²) in [5, 5.41) is 0. The van der Waals surface area contributed by atoms with Crippen LogP contribution in [0.4, 0.5) is 11.5 Å². The number of pyridine rings is 1. The minimum atomic E-state index is 0.621. The van der Waals surface area contributed by atoms with Crippen LogP contribution >= 0.6 is 12.2 Å². The number of nitrogen functional groups attached to an aromatic ring is 2. The molecule has 2 rings (SSSR count). The van der Waals surface area contributed by atoms with Crippen LogP contribution in [0, 0.1) is 4.64 Å². The van der Waals surface area contributed by atoms with Crippen molar-refractivity contribution < 1.29 is 0 Å². The van der Waals surface area contributed by atoms with Gasteiger partial charge in [-0.15, -0.1) is 0 Å². The number of nitrogens with two attached hydrogens (primary N) is 2. The Labute approximate surface area is 101 Å². The monoisotopic (exact) mass is 238 g/mol. The molecule has 4 N–H and O–H groups in total. The van der Waals surface area contributed by atoms with Crippen molar-refractivity contribution in [2.75, 3.05) is 25.1 Å². The van der Waals surface area contributed by atoms with Crippen molar-refractivity contribution in [1.29, 1.82) is 0 Å². The van der Waals surface area contributed by atoms with Gasteiger partial charge in [0.1, 0.15) is 10.5 Å². The highest BCUT2D eigenvalue weighted by Crippen LogP contribution is 2.29. The maximum Gasteiger partial charge on any atom is 0.128 e. The summed E-state index contributed by atoms with van der Waals surface area (Å²) in [5.41, 5.74) is 15.2. The van der Waals surface area contributed by atoms with Crippen LogP contribution in [0.25, 0.3) is 0 Å². The number of fused-ring (bicyclic) bond motifs is 1. The maximum atomic E-state index is 6.08. The summed E-state index contributed by atoms with van der Waals surface area (Å²) >= 11 is 5.48. The van der Waals surface area contributed by atoms with Gasteiger partial charge in [-0.3, -0.25) is 0 Å². The lowest BCUT2D eigenvalue weighted by molar-refractivity contribution is 0.311. The van der Waals surface area contributed by atoms with Gasteiger partial charge in [-0.2, -0.15) is 0 Å². The minimum absolute atomic E-state index is 0.621. The summed E-state index contributed by atoms with van der Waals surface area (Å²) in [4.78, 5) is 2.26. The minimum Gasteiger partial charge on any atom is -0.396 e. The van der Waals surface area contributed by atoms with E-state index >= 15 is 0 Å². The molecule has 0 amide bonds. The Morgan fingerprint density at radius 3 is 2.62 bits per heavy atom. The fourth-order valence-electron chi connectivity index (χ4n) is 2.28. The van der Waals surface area contributed by atoms with E-state index in [4.69, 9.17) is 23.7 Å². The number of nitrogens with zero attached hydrogens (tertiary/aromatic N) is 2. The van der Waals surface area contributed by atoms with Gasteiger partial charge in [-0.05, 0) is 26.0 Å². The molecule has 0 aliphatic carbocycles. The Bertz CT molecular complexity index is 478. The first-order valence-electron chi connectivity index (χ1n) is 5.54. The van der Waals surface area contributed by atoms with Crippen LogP contribution < -0.4 is 11.5 Å². The van der Waals surface area contributed by atoms with E-state index in [-0.39, 0.29) is 0 Å². The fraction of sp³-hybridized carbons (Fsp3) is 0.545. The second-order valence-electron chi connectivity index (χ2n) is 4.29. The number of hydrogen-bond acceptors (Lipinski definition) is 4. The second-order valence-corrected chi connectivity index (χ2v) is 4.68. The highest BCUT2D eigenvalue weighted by molar-refractivity contribution is 7.71. The molecule has 1 aromatic heterocycles. The van der Waals surface area contributed by atoms with Gasteiger partial charge in [-0.1, -0.05) is 12.2 Å². The zero-order valence-corrected chi connectivity index (χ0v) is 10.6. The molecular formula is C11H18N4S. The molecule has 0 fully saturated rings. The van der Waals surface area contributed by atoms with Gasteiger partial charge in [0.2, 0.25) is 0 Å². The van der Waals surface area contributed by atoms with E-state index in [0.29, 0.717) is 5.82 Å². The third kappa shape index (κ3) is 1.60. The molecule has 0 bridgehead atoms. The molecule has 0 aromatic carbocycles. The third-order valence-corrected chi connectivity index (χ3v) is 3.71. The van der Waals surface area contributed by atoms with Crippen molar-refractivity contribution in [2.24, 2.45) is 0 Å². The molecule has 88 valence electrons. The summed E-state index contributed by atoms with van der Waals surface area (Å²) in [7, 11) is 2.10. The zero-order chi connectivity index (χ0) is 11.9. The Kier molecular flexibility index (Phi) is 2.90. The molecule has 5 heteroatoms. The van der Waals surface area contributed by atoms with Crippen molar-refractivity contribution in [3.8, 4) is 0 Å². The molecule has 0 radical (unpaired) electrons. The van der Waals surface area contributed by atoms with Crippen LogP contribution in [0.15, 0.2) is 0 Å². The van der Waals surface area contributed by atoms with Crippen molar-refractivity contribution >= 4 is 23.7 Å². The normalized spacial score (nSPS) is 16.1. The van der Waals surface area contributed by atoms with Gasteiger partial charge in [-0.25, -0.2) is 0 Å². The van der Waals surface area contributed by atoms with E-state index in [9.17, 15) is 0 Å². The van der Waals surface area contributed by atoms with E-state index in [1.807, 2.05) is 11.5 Å². The lowest BCUT2D eigenvalue weighted by atomic mass is 10.00. The van der Waals surface area contributed by atoms with Gasteiger partial charge in [0.15, 0.2) is 0 Å². The van der Waals surface area contributed by atoms with E-state index in [1.54, 1.807) is 0 Å². The highest BCUT2D eigenvalue weighted by Gasteiger charge is 2.20. The SMILES string of the molecule is CCn1c(N)c(N)c2c(c1=S)CN(C)CC2. The Balaban J connectivity index is 2.70. The lowest BCUT2D eigenvalue weighted by Gasteiger charge is -2.28. The first kappa shape index (κ1) is 11.4. The Hall–Kier alpha value is -1.07. The van der Waals surface area contributed by atoms with Crippen molar-refractivity contribution in [1.82, 2.24) is 9.47 Å². The van der Waals surface area contributed by atoms with Crippen molar-refractivity contribution in [2.45, 2.75) is 26.4 Å². The quantitative estimate of drug-likeness (QED) is 0.726. The highest BCUT2D eigenvalue weighted by atomic mass is 32.1.